The molecule has 0 spiro atoms. The molecule has 0 aliphatic carbocycles. The lowest BCUT2D eigenvalue weighted by molar-refractivity contribution is 0.168. The minimum absolute atomic E-state index is 0.469. The highest BCUT2D eigenvalue weighted by molar-refractivity contribution is 5.34. The minimum Gasteiger partial charge on any atom is -0.497 e. The summed E-state index contributed by atoms with van der Waals surface area (Å²) in [5, 5.41) is 0. The van der Waals surface area contributed by atoms with Gasteiger partial charge < -0.3 is 9.47 Å². The average molecular weight is 478 g/mol. The lowest BCUT2D eigenvalue weighted by Crippen LogP contribution is -2.35. The molecule has 1 saturated heterocycles. The number of benzene rings is 4. The van der Waals surface area contributed by atoms with Crippen LogP contribution in [0, 0.1) is 5.92 Å². The van der Waals surface area contributed by atoms with Crippen LogP contribution in [-0.2, 0) is 13.2 Å². The van der Waals surface area contributed by atoms with E-state index in [4.69, 9.17) is 9.47 Å². The molecule has 1 heterocycles. The Bertz CT molecular complexity index is 1140. The third kappa shape index (κ3) is 6.16. The highest BCUT2D eigenvalue weighted by Crippen LogP contribution is 2.38. The van der Waals surface area contributed by atoms with Gasteiger partial charge in [-0.15, -0.1) is 0 Å². The number of methoxy groups -OCH3 is 1. The summed E-state index contributed by atoms with van der Waals surface area (Å²) in [6.45, 7) is 3.82. The first kappa shape index (κ1) is 24.1. The summed E-state index contributed by atoms with van der Waals surface area (Å²) in [6, 6.07) is 38.7. The Balaban J connectivity index is 1.15. The largest absolute Gasteiger partial charge is 0.497 e. The number of piperidine rings is 1. The minimum atomic E-state index is 0.469. The van der Waals surface area contributed by atoms with Crippen molar-refractivity contribution in [2.45, 2.75) is 31.9 Å². The summed E-state index contributed by atoms with van der Waals surface area (Å²) in [4.78, 5) is 2.59. The van der Waals surface area contributed by atoms with E-state index in [1.54, 1.807) is 7.11 Å². The fraction of sp³-hybridized carbons (Fsp3) is 0.273. The molecule has 4 aromatic carbocycles. The second kappa shape index (κ2) is 11.9. The van der Waals surface area contributed by atoms with Crippen LogP contribution in [0.2, 0.25) is 0 Å². The van der Waals surface area contributed by atoms with Crippen molar-refractivity contribution in [3.63, 3.8) is 0 Å². The van der Waals surface area contributed by atoms with Crippen LogP contribution >= 0.6 is 0 Å². The van der Waals surface area contributed by atoms with Crippen molar-refractivity contribution in [2.75, 3.05) is 20.2 Å². The van der Waals surface area contributed by atoms with E-state index in [0.29, 0.717) is 18.4 Å². The maximum atomic E-state index is 5.98. The Morgan fingerprint density at radius 1 is 0.667 bits per heavy atom. The van der Waals surface area contributed by atoms with E-state index in [1.165, 1.54) is 29.5 Å². The summed E-state index contributed by atoms with van der Waals surface area (Å²) in [6.07, 6.45) is 2.44. The molecule has 0 radical (unpaired) electrons. The zero-order valence-corrected chi connectivity index (χ0v) is 21.1. The van der Waals surface area contributed by atoms with Gasteiger partial charge in [0.05, 0.1) is 7.11 Å². The quantitative estimate of drug-likeness (QED) is 0.252. The van der Waals surface area contributed by atoms with Gasteiger partial charge in [0.2, 0.25) is 0 Å². The Kier molecular flexibility index (Phi) is 7.99. The first-order chi connectivity index (χ1) is 17.8. The molecule has 0 saturated carbocycles. The Morgan fingerprint density at radius 2 is 1.19 bits per heavy atom. The SMILES string of the molecule is COc1ccc(COc2ccc(CN3CCC(C(c4ccccc4)c4ccccc4)CC3)cc2)cc1. The zero-order chi connectivity index (χ0) is 24.6. The maximum Gasteiger partial charge on any atom is 0.119 e. The van der Waals surface area contributed by atoms with E-state index in [-0.39, 0.29) is 0 Å². The molecule has 0 aromatic heterocycles. The summed E-state index contributed by atoms with van der Waals surface area (Å²) in [7, 11) is 1.68. The molecule has 5 rings (SSSR count). The van der Waals surface area contributed by atoms with E-state index in [0.717, 1.165) is 36.7 Å². The fourth-order valence-electron chi connectivity index (χ4n) is 5.34. The number of hydrogen-bond donors (Lipinski definition) is 0. The number of ether oxygens (including phenoxy) is 2. The highest BCUT2D eigenvalue weighted by atomic mass is 16.5. The predicted molar refractivity (Wildman–Crippen MR) is 146 cm³/mol. The van der Waals surface area contributed by atoms with Crippen LogP contribution in [0.25, 0.3) is 0 Å². The van der Waals surface area contributed by atoms with Crippen LogP contribution in [0.15, 0.2) is 109 Å². The van der Waals surface area contributed by atoms with Gasteiger partial charge in [0.1, 0.15) is 18.1 Å². The van der Waals surface area contributed by atoms with Gasteiger partial charge in [0, 0.05) is 12.5 Å². The number of likely N-dealkylation sites (tertiary alicyclic amines) is 1. The van der Waals surface area contributed by atoms with Crippen LogP contribution < -0.4 is 9.47 Å². The van der Waals surface area contributed by atoms with Gasteiger partial charge in [-0.2, -0.15) is 0 Å². The molecule has 3 nitrogen and oxygen atoms in total. The van der Waals surface area contributed by atoms with Gasteiger partial charge in [-0.25, -0.2) is 0 Å². The van der Waals surface area contributed by atoms with Gasteiger partial charge in [-0.3, -0.25) is 4.90 Å². The molecule has 36 heavy (non-hydrogen) atoms. The second-order valence-electron chi connectivity index (χ2n) is 9.69. The second-order valence-corrected chi connectivity index (χ2v) is 9.69. The number of nitrogens with zero attached hydrogens (tertiary/aromatic N) is 1. The van der Waals surface area contributed by atoms with Crippen LogP contribution in [0.4, 0.5) is 0 Å². The summed E-state index contributed by atoms with van der Waals surface area (Å²) < 4.78 is 11.2. The van der Waals surface area contributed by atoms with Crippen molar-refractivity contribution in [3.05, 3.63) is 131 Å². The molecule has 0 amide bonds. The molecule has 1 aliphatic heterocycles. The molecule has 4 aromatic rings. The van der Waals surface area contributed by atoms with Crippen LogP contribution in [0.1, 0.15) is 41.0 Å². The predicted octanol–water partition coefficient (Wildman–Crippen LogP) is 7.32. The van der Waals surface area contributed by atoms with Crippen LogP contribution in [-0.4, -0.2) is 25.1 Å². The normalized spacial score (nSPS) is 14.6. The molecule has 0 atom stereocenters. The van der Waals surface area contributed by atoms with Gasteiger partial charge >= 0.3 is 0 Å². The summed E-state index contributed by atoms with van der Waals surface area (Å²) in [5.74, 6) is 2.90. The molecule has 0 unspecified atom stereocenters. The molecule has 0 N–H and O–H groups in total. The third-order valence-corrected chi connectivity index (χ3v) is 7.32. The lowest BCUT2D eigenvalue weighted by Gasteiger charge is -2.36. The lowest BCUT2D eigenvalue weighted by atomic mass is 9.76. The maximum absolute atomic E-state index is 5.98. The molecule has 3 heteroatoms. The highest BCUT2D eigenvalue weighted by Gasteiger charge is 2.28. The molecular weight excluding hydrogens is 442 g/mol. The van der Waals surface area contributed by atoms with Gasteiger partial charge in [-0.05, 0) is 78.4 Å². The first-order valence-corrected chi connectivity index (χ1v) is 13.0. The molecule has 184 valence electrons. The van der Waals surface area contributed by atoms with Crippen molar-refractivity contribution in [3.8, 4) is 11.5 Å². The van der Waals surface area contributed by atoms with Gasteiger partial charge in [0.15, 0.2) is 0 Å². The Morgan fingerprint density at radius 3 is 1.75 bits per heavy atom. The van der Waals surface area contributed by atoms with E-state index >= 15 is 0 Å². The van der Waals surface area contributed by atoms with E-state index in [2.05, 4.69) is 89.8 Å². The van der Waals surface area contributed by atoms with Crippen molar-refractivity contribution in [1.29, 1.82) is 0 Å². The van der Waals surface area contributed by atoms with E-state index < -0.39 is 0 Å². The zero-order valence-electron chi connectivity index (χ0n) is 21.1. The Hall–Kier alpha value is -3.56. The Labute approximate surface area is 215 Å². The summed E-state index contributed by atoms with van der Waals surface area (Å²) >= 11 is 0. The molecule has 1 aliphatic rings. The first-order valence-electron chi connectivity index (χ1n) is 13.0. The van der Waals surface area contributed by atoms with Crippen molar-refractivity contribution in [1.82, 2.24) is 4.90 Å². The van der Waals surface area contributed by atoms with Gasteiger partial charge in [0.25, 0.3) is 0 Å². The fourth-order valence-corrected chi connectivity index (χ4v) is 5.34. The number of hydrogen-bond acceptors (Lipinski definition) is 3. The van der Waals surface area contributed by atoms with Gasteiger partial charge in [-0.1, -0.05) is 84.9 Å². The van der Waals surface area contributed by atoms with Crippen molar-refractivity contribution in [2.24, 2.45) is 5.92 Å². The molecule has 1 fully saturated rings. The average Bonchev–Trinajstić information content (AvgIpc) is 2.95. The van der Waals surface area contributed by atoms with E-state index in [9.17, 15) is 0 Å². The summed E-state index contributed by atoms with van der Waals surface area (Å²) in [5.41, 5.74) is 5.35. The smallest absolute Gasteiger partial charge is 0.119 e. The van der Waals surface area contributed by atoms with E-state index in [1.807, 2.05) is 24.3 Å². The number of rotatable bonds is 9. The monoisotopic (exact) mass is 477 g/mol. The topological polar surface area (TPSA) is 21.7 Å². The van der Waals surface area contributed by atoms with Crippen LogP contribution in [0.3, 0.4) is 0 Å². The third-order valence-electron chi connectivity index (χ3n) is 7.32. The van der Waals surface area contributed by atoms with Crippen LogP contribution in [0.5, 0.6) is 11.5 Å². The molecule has 0 bridgehead atoms. The van der Waals surface area contributed by atoms with Crippen molar-refractivity contribution < 1.29 is 9.47 Å². The molecular formula is C33H35NO2. The standard InChI is InChI=1S/C33H35NO2/c1-35-31-16-14-27(15-17-31)25-36-32-18-12-26(13-19-32)24-34-22-20-30(21-23-34)33(28-8-4-2-5-9-28)29-10-6-3-7-11-29/h2-19,30,33H,20-25H2,1H3. The van der Waals surface area contributed by atoms with Crippen molar-refractivity contribution >= 4 is 0 Å².